The maximum atomic E-state index is 13.2. The Balaban J connectivity index is 0.000000208. The minimum Gasteiger partial charge on any atom is -0.448 e. The number of oxazole rings is 2. The third-order valence-corrected chi connectivity index (χ3v) is 14.8. The van der Waals surface area contributed by atoms with Crippen LogP contribution >= 0.6 is 12.4 Å². The van der Waals surface area contributed by atoms with Gasteiger partial charge in [-0.05, 0) is 85.6 Å². The quantitative estimate of drug-likeness (QED) is 0.0488. The molecule has 8 aromatic rings. The number of carbonyl (C=O) groups excluding carboxylic acids is 2. The molecule has 6 aromatic heterocycles. The van der Waals surface area contributed by atoms with Crippen molar-refractivity contribution >= 4 is 57.4 Å². The molecule has 2 aliphatic heterocycles. The molecule has 3 N–H and O–H groups in total. The number of benzene rings is 2. The molecule has 0 unspecified atom stereocenters. The second-order valence-electron chi connectivity index (χ2n) is 22.3. The third-order valence-electron chi connectivity index (χ3n) is 13.7. The van der Waals surface area contributed by atoms with E-state index in [1.807, 2.05) is 80.2 Å². The van der Waals surface area contributed by atoms with E-state index >= 15 is 0 Å². The Labute approximate surface area is 497 Å². The number of anilines is 4. The van der Waals surface area contributed by atoms with Crippen LogP contribution < -0.4 is 16.0 Å². The number of carbonyl (C=O) groups is 2. The van der Waals surface area contributed by atoms with Gasteiger partial charge in [0, 0.05) is 74.4 Å². The van der Waals surface area contributed by atoms with E-state index in [1.165, 1.54) is 41.9 Å². The molecule has 8 heterocycles. The van der Waals surface area contributed by atoms with Gasteiger partial charge >= 0.3 is 15.6 Å². The number of nitrogens with one attached hydrogen (secondary N) is 3. The van der Waals surface area contributed by atoms with Crippen molar-refractivity contribution in [3.05, 3.63) is 132 Å². The summed E-state index contributed by atoms with van der Waals surface area (Å²) < 4.78 is 71.8. The Kier molecular flexibility index (Phi) is 20.9. The molecule has 2 aromatic carbocycles. The maximum absolute atomic E-state index is 13.2. The van der Waals surface area contributed by atoms with Crippen molar-refractivity contribution in [3.8, 4) is 22.8 Å². The van der Waals surface area contributed by atoms with Crippen molar-refractivity contribution in [3.63, 3.8) is 0 Å². The van der Waals surface area contributed by atoms with Crippen molar-refractivity contribution in [2.45, 2.75) is 122 Å². The van der Waals surface area contributed by atoms with Gasteiger partial charge in [-0.1, -0.05) is 72.7 Å². The number of alkyl halides is 3. The average molecular weight is 1220 g/mol. The molecule has 2 aliphatic rings. The maximum Gasteiger partial charge on any atom is 0.523 e. The fourth-order valence-corrected chi connectivity index (χ4v) is 9.78. The van der Waals surface area contributed by atoms with Crippen LogP contribution in [0.1, 0.15) is 148 Å². The fraction of sp³-hybridized carbons (Fsp3) is 0.439. The van der Waals surface area contributed by atoms with E-state index in [2.05, 4.69) is 106 Å². The molecule has 2 atom stereocenters. The monoisotopic (exact) mass is 1210 g/mol. The SMILES string of the molecule is CCN1CC[C@@H](CC(=O)c2coc(C(C)(C)C)n2)c2ccc(-c3ncnc(Nc4cnn(C)c4)n3)cc2C1.CCOS(=O)(=O)C(F)(F)F.Cl.Cn1cc(Nc2ncnc(-c3ccc4c(c3)CNCC[C@H]4CC(=O)c3coc(C(C)(C)C)n3)n2)cn1. The van der Waals surface area contributed by atoms with Crippen LogP contribution in [0.15, 0.2) is 95.2 Å². The highest BCUT2D eigenvalue weighted by molar-refractivity contribution is 7.87. The van der Waals surface area contributed by atoms with Gasteiger partial charge in [-0.15, -0.1) is 12.4 Å². The van der Waals surface area contributed by atoms with Crippen LogP contribution in [0.4, 0.5) is 36.4 Å². The van der Waals surface area contributed by atoms with Gasteiger partial charge in [0.05, 0.1) is 30.4 Å². The standard InChI is InChI=1S/C28H34N8O2.C26H30N8O2.C3H5F3O3S.ClH/c1-6-36-10-9-18(12-24(37)23-16-38-26(33-23)28(2,3)4)22-8-7-19(11-20(22)14-36)25-29-17-30-27(34-25)32-21-13-31-35(5)15-21;1-26(2,3)24-32-21(14-36-24)22(35)10-16-7-8-27-11-18-9-17(5-6-20(16)18)23-28-15-29-25(33-23)31-19-12-30-34(4)13-19;1-2-9-10(7,8)3(4,5)6;/h7-8,11,13,15-18H,6,9-10,12,14H2,1-5H3,(H,29,30,32,34);5-6,9,12-16,27H,7-8,10-11H2,1-4H3,(H,28,29,31,33);2H2,1H3;1H/t18-;16-;;/m00../s1. The lowest BCUT2D eigenvalue weighted by Gasteiger charge is -2.18. The largest absolute Gasteiger partial charge is 0.523 e. The summed E-state index contributed by atoms with van der Waals surface area (Å²) in [6, 6.07) is 12.5. The van der Waals surface area contributed by atoms with E-state index in [0.717, 1.165) is 80.6 Å². The van der Waals surface area contributed by atoms with Crippen LogP contribution in [0.3, 0.4) is 0 Å². The molecule has 0 saturated carbocycles. The zero-order valence-corrected chi connectivity index (χ0v) is 50.6. The number of Topliss-reactive ketones (excluding diaryl/α,β-unsaturated/α-hetero) is 2. The normalized spacial score (nSPS) is 15.5. The molecule has 0 amide bonds. The van der Waals surface area contributed by atoms with E-state index in [-0.39, 0.29) is 46.6 Å². The van der Waals surface area contributed by atoms with E-state index in [1.54, 1.807) is 21.8 Å². The number of fused-ring (bicyclic) bond motifs is 2. The molecular weight excluding hydrogens is 1150 g/mol. The highest BCUT2D eigenvalue weighted by atomic mass is 35.5. The Bertz CT molecular complexity index is 3690. The van der Waals surface area contributed by atoms with Gasteiger partial charge < -0.3 is 24.8 Å². The van der Waals surface area contributed by atoms with Crippen LogP contribution in [-0.4, -0.2) is 116 Å². The molecule has 0 spiro atoms. The predicted molar refractivity (Wildman–Crippen MR) is 313 cm³/mol. The predicted octanol–water partition coefficient (Wildman–Crippen LogP) is 10.3. The number of halogens is 4. The zero-order chi connectivity index (χ0) is 60.6. The van der Waals surface area contributed by atoms with Gasteiger partial charge in [-0.3, -0.25) is 28.0 Å². The van der Waals surface area contributed by atoms with Crippen LogP contribution in [0.2, 0.25) is 0 Å². The molecule has 0 fully saturated rings. The van der Waals surface area contributed by atoms with Gasteiger partial charge in [0.25, 0.3) is 0 Å². The van der Waals surface area contributed by atoms with Crippen LogP contribution in [0.25, 0.3) is 22.8 Å². The molecule has 0 bridgehead atoms. The third kappa shape index (κ3) is 17.0. The summed E-state index contributed by atoms with van der Waals surface area (Å²) in [4.78, 5) is 64.2. The lowest BCUT2D eigenvalue weighted by Crippen LogP contribution is -2.25. The van der Waals surface area contributed by atoms with Gasteiger partial charge in [0.1, 0.15) is 36.6 Å². The first-order chi connectivity index (χ1) is 39.8. The van der Waals surface area contributed by atoms with Gasteiger partial charge in [-0.2, -0.15) is 41.8 Å². The number of nitrogens with zero attached hydrogens (tertiary/aromatic N) is 13. The van der Waals surface area contributed by atoms with Gasteiger partial charge in [0.2, 0.25) is 11.9 Å². The molecule has 85 heavy (non-hydrogen) atoms. The first kappa shape index (κ1) is 64.7. The van der Waals surface area contributed by atoms with Crippen molar-refractivity contribution in [2.24, 2.45) is 14.1 Å². The van der Waals surface area contributed by atoms with Gasteiger partial charge in [0.15, 0.2) is 35.0 Å². The summed E-state index contributed by atoms with van der Waals surface area (Å²) in [7, 11) is -1.64. The van der Waals surface area contributed by atoms with E-state index in [4.69, 9.17) is 8.83 Å². The molecule has 23 nitrogen and oxygen atoms in total. The first-order valence-corrected chi connectivity index (χ1v) is 28.7. The highest BCUT2D eigenvalue weighted by Gasteiger charge is 2.47. The zero-order valence-electron chi connectivity index (χ0n) is 48.9. The number of ketones is 2. The Hall–Kier alpha value is -7.85. The minimum atomic E-state index is -5.35. The average Bonchev–Trinajstić information content (AvgIpc) is 3.67. The van der Waals surface area contributed by atoms with Crippen LogP contribution in [0.5, 0.6) is 0 Å². The van der Waals surface area contributed by atoms with Crippen LogP contribution in [0, 0.1) is 0 Å². The summed E-state index contributed by atoms with van der Waals surface area (Å²) in [6.07, 6.45) is 15.7. The fourth-order valence-electron chi connectivity index (χ4n) is 9.33. The molecular formula is C57H70ClF3N16O7S. The summed E-state index contributed by atoms with van der Waals surface area (Å²) in [5.74, 6) is 3.43. The molecule has 28 heteroatoms. The number of hydrogen-bond donors (Lipinski definition) is 3. The lowest BCUT2D eigenvalue weighted by atomic mass is 9.87. The lowest BCUT2D eigenvalue weighted by molar-refractivity contribution is -0.0539. The topological polar surface area (TPSA) is 282 Å². The number of hydrogen-bond acceptors (Lipinski definition) is 21. The summed E-state index contributed by atoms with van der Waals surface area (Å²) in [5.41, 5.74) is 3.12. The molecule has 0 aliphatic carbocycles. The molecule has 0 saturated heterocycles. The number of aromatic nitrogens is 12. The van der Waals surface area contributed by atoms with E-state index in [0.29, 0.717) is 59.6 Å². The number of aryl methyl sites for hydroxylation is 2. The Morgan fingerprint density at radius 2 is 1.19 bits per heavy atom. The molecule has 454 valence electrons. The number of rotatable bonds is 15. The molecule has 0 radical (unpaired) electrons. The smallest absolute Gasteiger partial charge is 0.448 e. The Morgan fingerprint density at radius 3 is 1.61 bits per heavy atom. The first-order valence-electron chi connectivity index (χ1n) is 27.3. The summed E-state index contributed by atoms with van der Waals surface area (Å²) in [6.45, 7) is 19.2. The second-order valence-corrected chi connectivity index (χ2v) is 23.9. The molecule has 10 rings (SSSR count). The van der Waals surface area contributed by atoms with E-state index < -0.39 is 22.2 Å². The second kappa shape index (κ2) is 27.5. The Morgan fingerprint density at radius 1 is 0.706 bits per heavy atom. The highest BCUT2D eigenvalue weighted by Crippen LogP contribution is 2.36. The van der Waals surface area contributed by atoms with Crippen molar-refractivity contribution in [2.75, 3.05) is 36.9 Å². The summed E-state index contributed by atoms with van der Waals surface area (Å²) >= 11 is 0. The van der Waals surface area contributed by atoms with Crippen molar-refractivity contribution in [1.29, 1.82) is 0 Å². The minimum absolute atomic E-state index is 0. The van der Waals surface area contributed by atoms with Gasteiger partial charge in [-0.25, -0.2) is 29.9 Å². The van der Waals surface area contributed by atoms with Crippen molar-refractivity contribution in [1.82, 2.24) is 69.6 Å². The van der Waals surface area contributed by atoms with E-state index in [9.17, 15) is 31.2 Å². The van der Waals surface area contributed by atoms with Crippen LogP contribution in [-0.2, 0) is 52.3 Å². The summed E-state index contributed by atoms with van der Waals surface area (Å²) in [5, 5.41) is 18.1. The van der Waals surface area contributed by atoms with Crippen molar-refractivity contribution < 1.29 is 44.2 Å².